The summed E-state index contributed by atoms with van der Waals surface area (Å²) in [5, 5.41) is 0. The summed E-state index contributed by atoms with van der Waals surface area (Å²) >= 11 is 0. The van der Waals surface area contributed by atoms with Crippen LogP contribution in [-0.4, -0.2) is 0 Å². The van der Waals surface area contributed by atoms with Crippen LogP contribution in [0.4, 0.5) is 0 Å². The Balaban J connectivity index is 0.00000256. The first kappa shape index (κ1) is 16.2. The van der Waals surface area contributed by atoms with Crippen molar-refractivity contribution >= 4 is 0 Å². The van der Waals surface area contributed by atoms with Gasteiger partial charge in [-0.25, -0.2) is 0 Å². The van der Waals surface area contributed by atoms with Crippen molar-refractivity contribution in [2.45, 2.75) is 74.7 Å². The van der Waals surface area contributed by atoms with Crippen molar-refractivity contribution in [1.29, 1.82) is 0 Å². The molecule has 0 nitrogen and oxygen atoms in total. The molecule has 1 aromatic rings. The quantitative estimate of drug-likeness (QED) is 0.606. The van der Waals surface area contributed by atoms with Crippen molar-refractivity contribution in [1.82, 2.24) is 0 Å². The normalized spacial score (nSPS) is 10.9. The van der Waals surface area contributed by atoms with Gasteiger partial charge in [-0.15, -0.1) is 0 Å². The van der Waals surface area contributed by atoms with Crippen LogP contribution < -0.4 is 0 Å². The monoisotopic (exact) mass is 234 g/mol. The molecule has 0 unspecified atom stereocenters. The summed E-state index contributed by atoms with van der Waals surface area (Å²) < 4.78 is 0. The van der Waals surface area contributed by atoms with Gasteiger partial charge in [0.15, 0.2) is 0 Å². The standard InChI is InChI=1S/C16H26.CH4/c1-9(2)15-11(5)13(7)16(10(3)4)14(8)12(15)6;/h9-10H,1-8H3;1H4. The van der Waals surface area contributed by atoms with Crippen molar-refractivity contribution < 1.29 is 0 Å². The van der Waals surface area contributed by atoms with Crippen molar-refractivity contribution in [2.24, 2.45) is 0 Å². The van der Waals surface area contributed by atoms with E-state index in [-0.39, 0.29) is 7.43 Å². The van der Waals surface area contributed by atoms with Gasteiger partial charge in [0, 0.05) is 0 Å². The Morgan fingerprint density at radius 1 is 0.529 bits per heavy atom. The molecular weight excluding hydrogens is 204 g/mol. The highest BCUT2D eigenvalue weighted by Crippen LogP contribution is 2.34. The topological polar surface area (TPSA) is 0 Å². The van der Waals surface area contributed by atoms with E-state index in [0.29, 0.717) is 11.8 Å². The van der Waals surface area contributed by atoms with E-state index in [1.165, 1.54) is 22.3 Å². The van der Waals surface area contributed by atoms with Gasteiger partial charge in [-0.2, -0.15) is 0 Å². The molecule has 17 heavy (non-hydrogen) atoms. The molecule has 1 rings (SSSR count). The summed E-state index contributed by atoms with van der Waals surface area (Å²) in [6.45, 7) is 18.3. The predicted molar refractivity (Wildman–Crippen MR) is 80.3 cm³/mol. The van der Waals surface area contributed by atoms with Gasteiger partial charge in [0.1, 0.15) is 0 Å². The van der Waals surface area contributed by atoms with E-state index in [4.69, 9.17) is 0 Å². The third-order valence-electron chi connectivity index (χ3n) is 3.90. The van der Waals surface area contributed by atoms with Crippen LogP contribution in [0.5, 0.6) is 0 Å². The van der Waals surface area contributed by atoms with Gasteiger partial charge in [-0.3, -0.25) is 0 Å². The Kier molecular flexibility index (Phi) is 5.45. The second kappa shape index (κ2) is 5.71. The van der Waals surface area contributed by atoms with Crippen LogP contribution in [-0.2, 0) is 0 Å². The largest absolute Gasteiger partial charge is 0.0776 e. The van der Waals surface area contributed by atoms with Crippen LogP contribution in [0.2, 0.25) is 0 Å². The number of rotatable bonds is 2. The number of hydrogen-bond donors (Lipinski definition) is 0. The molecule has 0 amide bonds. The van der Waals surface area contributed by atoms with Crippen LogP contribution in [0.1, 0.15) is 80.3 Å². The molecule has 0 heterocycles. The molecule has 0 atom stereocenters. The lowest BCUT2D eigenvalue weighted by Gasteiger charge is -2.24. The molecule has 98 valence electrons. The second-order valence-corrected chi connectivity index (χ2v) is 5.64. The SMILES string of the molecule is C.Cc1c(C)c(C(C)C)c(C)c(C)c1C(C)C. The second-order valence-electron chi connectivity index (χ2n) is 5.64. The first-order chi connectivity index (χ1) is 7.29. The summed E-state index contributed by atoms with van der Waals surface area (Å²) in [6.07, 6.45) is 0. The minimum atomic E-state index is 0. The fourth-order valence-corrected chi connectivity index (χ4v) is 3.10. The zero-order valence-corrected chi connectivity index (χ0v) is 12.2. The Morgan fingerprint density at radius 3 is 0.824 bits per heavy atom. The lowest BCUT2D eigenvalue weighted by atomic mass is 9.81. The summed E-state index contributed by atoms with van der Waals surface area (Å²) in [5.74, 6) is 1.25. The molecule has 0 N–H and O–H groups in total. The highest BCUT2D eigenvalue weighted by molar-refractivity contribution is 5.52. The molecule has 0 radical (unpaired) electrons. The Bertz CT molecular complexity index is 327. The summed E-state index contributed by atoms with van der Waals surface area (Å²) in [7, 11) is 0. The van der Waals surface area contributed by atoms with Crippen LogP contribution in [0.25, 0.3) is 0 Å². The van der Waals surface area contributed by atoms with Crippen molar-refractivity contribution in [2.75, 3.05) is 0 Å². The molecule has 0 fully saturated rings. The molecule has 0 aliphatic carbocycles. The van der Waals surface area contributed by atoms with Gasteiger partial charge in [0.05, 0.1) is 0 Å². The van der Waals surface area contributed by atoms with Gasteiger partial charge in [-0.05, 0) is 72.9 Å². The number of hydrogen-bond acceptors (Lipinski definition) is 0. The van der Waals surface area contributed by atoms with Crippen LogP contribution in [0.3, 0.4) is 0 Å². The minimum absolute atomic E-state index is 0. The van der Waals surface area contributed by atoms with E-state index in [2.05, 4.69) is 55.4 Å². The average molecular weight is 234 g/mol. The van der Waals surface area contributed by atoms with Crippen LogP contribution >= 0.6 is 0 Å². The van der Waals surface area contributed by atoms with E-state index >= 15 is 0 Å². The molecule has 0 heteroatoms. The molecule has 0 aliphatic rings. The summed E-state index contributed by atoms with van der Waals surface area (Å²) in [6, 6.07) is 0. The van der Waals surface area contributed by atoms with Crippen LogP contribution in [0.15, 0.2) is 0 Å². The molecule has 1 aromatic carbocycles. The molecule has 0 bridgehead atoms. The Hall–Kier alpha value is -0.780. The maximum Gasteiger partial charge on any atom is -0.0213 e. The fraction of sp³-hybridized carbons (Fsp3) is 0.647. The van der Waals surface area contributed by atoms with Crippen molar-refractivity contribution in [3.8, 4) is 0 Å². The molecule has 0 saturated heterocycles. The molecule has 0 aliphatic heterocycles. The number of benzene rings is 1. The summed E-state index contributed by atoms with van der Waals surface area (Å²) in [4.78, 5) is 0. The lowest BCUT2D eigenvalue weighted by Crippen LogP contribution is -2.07. The van der Waals surface area contributed by atoms with Gasteiger partial charge >= 0.3 is 0 Å². The predicted octanol–water partition coefficient (Wildman–Crippen LogP) is 5.80. The smallest absolute Gasteiger partial charge is 0.0213 e. The van der Waals surface area contributed by atoms with E-state index in [1.807, 2.05) is 0 Å². The van der Waals surface area contributed by atoms with Gasteiger partial charge in [0.2, 0.25) is 0 Å². The van der Waals surface area contributed by atoms with Gasteiger partial charge in [-0.1, -0.05) is 35.1 Å². The third kappa shape index (κ3) is 2.73. The third-order valence-corrected chi connectivity index (χ3v) is 3.90. The average Bonchev–Trinajstić information content (AvgIpc) is 2.14. The van der Waals surface area contributed by atoms with Crippen molar-refractivity contribution in [3.63, 3.8) is 0 Å². The maximum absolute atomic E-state index is 2.29. The molecule has 0 saturated carbocycles. The van der Waals surface area contributed by atoms with Gasteiger partial charge < -0.3 is 0 Å². The van der Waals surface area contributed by atoms with E-state index in [9.17, 15) is 0 Å². The van der Waals surface area contributed by atoms with E-state index < -0.39 is 0 Å². The molecule has 0 aromatic heterocycles. The van der Waals surface area contributed by atoms with Crippen molar-refractivity contribution in [3.05, 3.63) is 33.4 Å². The summed E-state index contributed by atoms with van der Waals surface area (Å²) in [5.41, 5.74) is 9.12. The maximum atomic E-state index is 2.29. The van der Waals surface area contributed by atoms with E-state index in [0.717, 1.165) is 0 Å². The lowest BCUT2D eigenvalue weighted by molar-refractivity contribution is 0.806. The van der Waals surface area contributed by atoms with E-state index in [1.54, 1.807) is 11.1 Å². The molecule has 0 spiro atoms. The Morgan fingerprint density at radius 2 is 0.706 bits per heavy atom. The fourth-order valence-electron chi connectivity index (χ4n) is 3.10. The highest BCUT2D eigenvalue weighted by Gasteiger charge is 2.17. The first-order valence-corrected chi connectivity index (χ1v) is 6.39. The Labute approximate surface area is 108 Å². The van der Waals surface area contributed by atoms with Crippen LogP contribution in [0, 0.1) is 27.7 Å². The minimum Gasteiger partial charge on any atom is -0.0776 e. The zero-order chi connectivity index (χ0) is 12.6. The first-order valence-electron chi connectivity index (χ1n) is 6.39. The van der Waals surface area contributed by atoms with Gasteiger partial charge in [0.25, 0.3) is 0 Å². The zero-order valence-electron chi connectivity index (χ0n) is 12.2. The molecular formula is C17H30. The highest BCUT2D eigenvalue weighted by atomic mass is 14.2.